The molecule has 1 fully saturated rings. The first-order valence-electron chi connectivity index (χ1n) is 10.9. The van der Waals surface area contributed by atoms with Gasteiger partial charge in [-0.1, -0.05) is 24.3 Å². The van der Waals surface area contributed by atoms with E-state index in [-0.39, 0.29) is 25.0 Å². The van der Waals surface area contributed by atoms with Gasteiger partial charge in [-0.15, -0.1) is 0 Å². The van der Waals surface area contributed by atoms with Crippen molar-refractivity contribution in [3.63, 3.8) is 0 Å². The average Bonchev–Trinajstić information content (AvgIpc) is 3.47. The zero-order valence-corrected chi connectivity index (χ0v) is 19.1. The number of nitrogens with zero attached hydrogens (tertiary/aromatic N) is 2. The SMILES string of the molecule is CCS(=O)(=O)N(CC(=O)NCc1cccc(CN2CCCC2)c1)c1ccc2c(c1)OCO2. The molecule has 2 aliphatic rings. The molecule has 172 valence electrons. The number of anilines is 1. The molecule has 2 aromatic carbocycles. The summed E-state index contributed by atoms with van der Waals surface area (Å²) in [6.45, 7) is 4.85. The van der Waals surface area contributed by atoms with E-state index in [2.05, 4.69) is 22.3 Å². The summed E-state index contributed by atoms with van der Waals surface area (Å²) in [6.07, 6.45) is 2.49. The van der Waals surface area contributed by atoms with Gasteiger partial charge in [0.1, 0.15) is 6.54 Å². The minimum absolute atomic E-state index is 0.0939. The number of sulfonamides is 1. The number of carbonyl (C=O) groups is 1. The van der Waals surface area contributed by atoms with E-state index in [1.54, 1.807) is 25.1 Å². The van der Waals surface area contributed by atoms with Gasteiger partial charge >= 0.3 is 0 Å². The van der Waals surface area contributed by atoms with Crippen LogP contribution in [-0.2, 0) is 27.9 Å². The molecule has 2 aromatic rings. The minimum Gasteiger partial charge on any atom is -0.454 e. The van der Waals surface area contributed by atoms with Crippen molar-refractivity contribution < 1.29 is 22.7 Å². The van der Waals surface area contributed by atoms with Crippen LogP contribution in [0.3, 0.4) is 0 Å². The van der Waals surface area contributed by atoms with Gasteiger partial charge in [-0.05, 0) is 56.1 Å². The Kier molecular flexibility index (Phi) is 6.86. The summed E-state index contributed by atoms with van der Waals surface area (Å²) in [7, 11) is -3.66. The zero-order valence-electron chi connectivity index (χ0n) is 18.2. The van der Waals surface area contributed by atoms with Gasteiger partial charge in [0.15, 0.2) is 11.5 Å². The van der Waals surface area contributed by atoms with Gasteiger partial charge in [0.25, 0.3) is 0 Å². The van der Waals surface area contributed by atoms with E-state index in [1.165, 1.54) is 18.4 Å². The van der Waals surface area contributed by atoms with Crippen LogP contribution in [0.1, 0.15) is 30.9 Å². The highest BCUT2D eigenvalue weighted by Gasteiger charge is 2.25. The van der Waals surface area contributed by atoms with E-state index < -0.39 is 10.0 Å². The minimum atomic E-state index is -3.66. The number of carbonyl (C=O) groups excluding carboxylic acids is 1. The molecule has 1 saturated heterocycles. The Balaban J connectivity index is 1.40. The number of benzene rings is 2. The molecule has 0 bridgehead atoms. The van der Waals surface area contributed by atoms with Crippen LogP contribution in [0.25, 0.3) is 0 Å². The van der Waals surface area contributed by atoms with Crippen molar-refractivity contribution in [3.05, 3.63) is 53.6 Å². The molecule has 2 aliphatic heterocycles. The van der Waals surface area contributed by atoms with E-state index in [9.17, 15) is 13.2 Å². The van der Waals surface area contributed by atoms with E-state index in [4.69, 9.17) is 9.47 Å². The van der Waals surface area contributed by atoms with Crippen LogP contribution in [0, 0.1) is 0 Å². The smallest absolute Gasteiger partial charge is 0.241 e. The van der Waals surface area contributed by atoms with Crippen molar-refractivity contribution in [2.24, 2.45) is 0 Å². The molecule has 1 N–H and O–H groups in total. The summed E-state index contributed by atoms with van der Waals surface area (Å²) in [5.41, 5.74) is 2.58. The van der Waals surface area contributed by atoms with E-state index in [1.807, 2.05) is 12.1 Å². The maximum absolute atomic E-state index is 12.7. The summed E-state index contributed by atoms with van der Waals surface area (Å²) >= 11 is 0. The van der Waals surface area contributed by atoms with Gasteiger partial charge in [-0.3, -0.25) is 14.0 Å². The highest BCUT2D eigenvalue weighted by molar-refractivity contribution is 7.92. The van der Waals surface area contributed by atoms with E-state index in [0.29, 0.717) is 23.7 Å². The van der Waals surface area contributed by atoms with Gasteiger partial charge in [-0.2, -0.15) is 0 Å². The van der Waals surface area contributed by atoms with Crippen LogP contribution in [0.15, 0.2) is 42.5 Å². The van der Waals surface area contributed by atoms with Crippen LogP contribution in [0.5, 0.6) is 11.5 Å². The topological polar surface area (TPSA) is 88.2 Å². The average molecular weight is 460 g/mol. The molecule has 0 aromatic heterocycles. The monoisotopic (exact) mass is 459 g/mol. The molecule has 0 radical (unpaired) electrons. The molecular formula is C23H29N3O5S. The van der Waals surface area contributed by atoms with Gasteiger partial charge in [0.05, 0.1) is 11.4 Å². The molecule has 9 heteroatoms. The lowest BCUT2D eigenvalue weighted by molar-refractivity contribution is -0.119. The third kappa shape index (κ3) is 5.34. The zero-order chi connectivity index (χ0) is 22.6. The molecule has 4 rings (SSSR count). The molecule has 1 amide bonds. The lowest BCUT2D eigenvalue weighted by Crippen LogP contribution is -2.41. The molecule has 8 nitrogen and oxygen atoms in total. The summed E-state index contributed by atoms with van der Waals surface area (Å²) in [6, 6.07) is 13.0. The van der Waals surface area contributed by atoms with Crippen molar-refractivity contribution in [2.75, 3.05) is 36.5 Å². The number of nitrogens with one attached hydrogen (secondary N) is 1. The number of hydrogen-bond donors (Lipinski definition) is 1. The van der Waals surface area contributed by atoms with Crippen molar-refractivity contribution in [2.45, 2.75) is 32.9 Å². The lowest BCUT2D eigenvalue weighted by Gasteiger charge is -2.23. The van der Waals surface area contributed by atoms with Gasteiger partial charge in [-0.25, -0.2) is 8.42 Å². The number of likely N-dealkylation sites (tertiary alicyclic amines) is 1. The normalized spacial score (nSPS) is 15.7. The molecule has 0 saturated carbocycles. The van der Waals surface area contributed by atoms with Gasteiger partial charge in [0.2, 0.25) is 22.7 Å². The first kappa shape index (κ1) is 22.4. The van der Waals surface area contributed by atoms with Crippen LogP contribution < -0.4 is 19.1 Å². The van der Waals surface area contributed by atoms with E-state index >= 15 is 0 Å². The quantitative estimate of drug-likeness (QED) is 0.620. The summed E-state index contributed by atoms with van der Waals surface area (Å²) < 4.78 is 37.1. The summed E-state index contributed by atoms with van der Waals surface area (Å²) in [5.74, 6) is 0.535. The van der Waals surface area contributed by atoms with Crippen LogP contribution in [0.4, 0.5) is 5.69 Å². The van der Waals surface area contributed by atoms with Crippen LogP contribution in [0.2, 0.25) is 0 Å². The molecular weight excluding hydrogens is 430 g/mol. The van der Waals surface area contributed by atoms with Crippen LogP contribution in [-0.4, -0.2) is 51.4 Å². The second-order valence-electron chi connectivity index (χ2n) is 8.02. The fourth-order valence-corrected chi connectivity index (χ4v) is 5.03. The molecule has 0 unspecified atom stereocenters. The van der Waals surface area contributed by atoms with Crippen molar-refractivity contribution in [1.29, 1.82) is 0 Å². The molecule has 0 aliphatic carbocycles. The third-order valence-electron chi connectivity index (χ3n) is 5.72. The Morgan fingerprint density at radius 1 is 1.06 bits per heavy atom. The highest BCUT2D eigenvalue weighted by atomic mass is 32.2. The Morgan fingerprint density at radius 3 is 2.59 bits per heavy atom. The number of hydrogen-bond acceptors (Lipinski definition) is 6. The van der Waals surface area contributed by atoms with Gasteiger partial charge < -0.3 is 14.8 Å². The first-order chi connectivity index (χ1) is 15.4. The number of ether oxygens (including phenoxy) is 2. The first-order valence-corrected chi connectivity index (χ1v) is 12.5. The summed E-state index contributed by atoms with van der Waals surface area (Å²) in [5, 5.41) is 2.85. The van der Waals surface area contributed by atoms with Crippen molar-refractivity contribution in [1.82, 2.24) is 10.2 Å². The standard InChI is InChI=1S/C23H29N3O5S/c1-2-32(28,29)26(20-8-9-21-22(13-20)31-17-30-21)16-23(27)24-14-18-6-5-7-19(12-18)15-25-10-3-4-11-25/h5-9,12-13H,2-4,10-11,14-17H2,1H3,(H,24,27). The Hall–Kier alpha value is -2.78. The van der Waals surface area contributed by atoms with E-state index in [0.717, 1.165) is 29.5 Å². The number of rotatable bonds is 9. The Bertz CT molecular complexity index is 1070. The molecule has 32 heavy (non-hydrogen) atoms. The third-order valence-corrected chi connectivity index (χ3v) is 7.46. The number of fused-ring (bicyclic) bond motifs is 1. The molecule has 0 spiro atoms. The highest BCUT2D eigenvalue weighted by Crippen LogP contribution is 2.36. The predicted octanol–water partition coefficient (Wildman–Crippen LogP) is 2.48. The predicted molar refractivity (Wildman–Crippen MR) is 122 cm³/mol. The molecule has 0 atom stereocenters. The van der Waals surface area contributed by atoms with Crippen molar-refractivity contribution in [3.8, 4) is 11.5 Å². The second kappa shape index (κ2) is 9.79. The van der Waals surface area contributed by atoms with Crippen molar-refractivity contribution >= 4 is 21.6 Å². The second-order valence-corrected chi connectivity index (χ2v) is 10.2. The largest absolute Gasteiger partial charge is 0.454 e. The van der Waals surface area contributed by atoms with Gasteiger partial charge in [0, 0.05) is 19.2 Å². The Morgan fingerprint density at radius 2 is 1.81 bits per heavy atom. The maximum atomic E-state index is 12.7. The maximum Gasteiger partial charge on any atom is 0.241 e. The van der Waals surface area contributed by atoms with Crippen LogP contribution >= 0.6 is 0 Å². The lowest BCUT2D eigenvalue weighted by atomic mass is 10.1. The summed E-state index contributed by atoms with van der Waals surface area (Å²) in [4.78, 5) is 15.1. The number of amides is 1. The Labute approximate surface area is 189 Å². The fraction of sp³-hybridized carbons (Fsp3) is 0.435. The molecule has 2 heterocycles. The fourth-order valence-electron chi connectivity index (χ4n) is 3.97.